The number of ether oxygens (including phenoxy) is 2. The summed E-state index contributed by atoms with van der Waals surface area (Å²) in [6.45, 7) is 6.62. The van der Waals surface area contributed by atoms with Crippen LogP contribution in [0.4, 0.5) is 0 Å². The third-order valence-electron chi connectivity index (χ3n) is 6.42. The molecule has 174 valence electrons. The van der Waals surface area contributed by atoms with Gasteiger partial charge in [0.1, 0.15) is 5.70 Å². The zero-order valence-electron chi connectivity index (χ0n) is 19.5. The maximum Gasteiger partial charge on any atom is 0.277 e. The van der Waals surface area contributed by atoms with Gasteiger partial charge in [-0.05, 0) is 36.2 Å². The smallest absolute Gasteiger partial charge is 0.277 e. The first-order chi connectivity index (χ1) is 16.1. The van der Waals surface area contributed by atoms with E-state index in [4.69, 9.17) is 9.47 Å². The molecule has 0 spiro atoms. The molecule has 0 aliphatic carbocycles. The monoisotopic (exact) mass is 449 g/mol. The quantitative estimate of drug-likeness (QED) is 0.578. The van der Waals surface area contributed by atoms with Crippen LogP contribution in [0, 0.1) is 0 Å². The van der Waals surface area contributed by atoms with Crippen molar-refractivity contribution in [1.82, 2.24) is 14.7 Å². The number of imide groups is 1. The molecule has 33 heavy (non-hydrogen) atoms. The molecule has 0 N–H and O–H groups in total. The number of nitrogens with zero attached hydrogens (tertiary/aromatic N) is 3. The Balaban J connectivity index is 1.68. The fraction of sp³-hybridized carbons (Fsp3) is 0.385. The number of carbonyl (C=O) groups excluding carboxylic acids is 2. The zero-order chi connectivity index (χ0) is 23.4. The van der Waals surface area contributed by atoms with Crippen LogP contribution in [0.25, 0.3) is 5.57 Å². The lowest BCUT2D eigenvalue weighted by Gasteiger charge is -2.36. The van der Waals surface area contributed by atoms with E-state index in [2.05, 4.69) is 16.7 Å². The minimum atomic E-state index is -0.254. The minimum Gasteiger partial charge on any atom is -0.493 e. The summed E-state index contributed by atoms with van der Waals surface area (Å²) in [6.07, 6.45) is 0.619. The molecule has 2 aromatic carbocycles. The van der Waals surface area contributed by atoms with Crippen molar-refractivity contribution in [2.24, 2.45) is 0 Å². The van der Waals surface area contributed by atoms with Crippen LogP contribution in [-0.2, 0) is 16.0 Å². The van der Waals surface area contributed by atoms with Crippen LogP contribution in [0.15, 0.2) is 54.2 Å². The molecule has 1 saturated heterocycles. The summed E-state index contributed by atoms with van der Waals surface area (Å²) < 4.78 is 10.8. The Morgan fingerprint density at radius 1 is 0.848 bits per heavy atom. The number of benzene rings is 2. The molecule has 0 atom stereocenters. The lowest BCUT2D eigenvalue weighted by Crippen LogP contribution is -2.47. The first kappa shape index (κ1) is 22.9. The SMILES string of the molecule is CCN1CCN(C2=C(c3ccc(OC)c(OC)c3)C(=O)N(CCc3ccccc3)C2=O)CC1. The number of likely N-dealkylation sites (N-methyl/N-ethyl adjacent to an activating group) is 1. The lowest BCUT2D eigenvalue weighted by atomic mass is 10.0. The Kier molecular flexibility index (Phi) is 6.99. The highest BCUT2D eigenvalue weighted by atomic mass is 16.5. The molecule has 2 aromatic rings. The zero-order valence-corrected chi connectivity index (χ0v) is 19.5. The van der Waals surface area contributed by atoms with Gasteiger partial charge in [-0.25, -0.2) is 0 Å². The van der Waals surface area contributed by atoms with Crippen molar-refractivity contribution in [1.29, 1.82) is 0 Å². The molecule has 0 bridgehead atoms. The van der Waals surface area contributed by atoms with Crippen LogP contribution in [-0.4, -0.2) is 80.0 Å². The number of amides is 2. The molecule has 2 aliphatic heterocycles. The maximum absolute atomic E-state index is 13.6. The van der Waals surface area contributed by atoms with Crippen LogP contribution < -0.4 is 9.47 Å². The maximum atomic E-state index is 13.6. The Bertz CT molecular complexity index is 1040. The lowest BCUT2D eigenvalue weighted by molar-refractivity contribution is -0.137. The summed E-state index contributed by atoms with van der Waals surface area (Å²) in [5, 5.41) is 0. The number of methoxy groups -OCH3 is 2. The number of rotatable bonds is 8. The van der Waals surface area contributed by atoms with E-state index in [-0.39, 0.29) is 11.8 Å². The van der Waals surface area contributed by atoms with Crippen LogP contribution in [0.1, 0.15) is 18.1 Å². The van der Waals surface area contributed by atoms with Gasteiger partial charge in [-0.2, -0.15) is 0 Å². The number of carbonyl (C=O) groups is 2. The van der Waals surface area contributed by atoms with Gasteiger partial charge in [0.05, 0.1) is 19.8 Å². The normalized spacial score (nSPS) is 17.2. The van der Waals surface area contributed by atoms with E-state index in [0.717, 1.165) is 25.2 Å². The summed E-state index contributed by atoms with van der Waals surface area (Å²) in [6, 6.07) is 15.3. The van der Waals surface area contributed by atoms with Crippen molar-refractivity contribution >= 4 is 17.4 Å². The van der Waals surface area contributed by atoms with Crippen LogP contribution in [0.5, 0.6) is 11.5 Å². The van der Waals surface area contributed by atoms with Crippen molar-refractivity contribution in [3.05, 3.63) is 65.4 Å². The standard InChI is InChI=1S/C26H31N3O4/c1-4-27-14-16-28(17-15-27)24-23(20-10-11-21(32-2)22(18-20)33-3)25(30)29(26(24)31)13-12-19-8-6-5-7-9-19/h5-11,18H,4,12-17H2,1-3H3. The van der Waals surface area contributed by atoms with Gasteiger partial charge in [0.25, 0.3) is 11.8 Å². The van der Waals surface area contributed by atoms with E-state index in [1.54, 1.807) is 26.4 Å². The van der Waals surface area contributed by atoms with Gasteiger partial charge < -0.3 is 19.3 Å². The van der Waals surface area contributed by atoms with Crippen molar-refractivity contribution in [3.8, 4) is 11.5 Å². The van der Waals surface area contributed by atoms with Gasteiger partial charge in [0, 0.05) is 32.7 Å². The molecular weight excluding hydrogens is 418 g/mol. The van der Waals surface area contributed by atoms with E-state index in [9.17, 15) is 9.59 Å². The molecule has 2 heterocycles. The largest absolute Gasteiger partial charge is 0.493 e. The van der Waals surface area contributed by atoms with Gasteiger partial charge in [-0.1, -0.05) is 43.3 Å². The second-order valence-electron chi connectivity index (χ2n) is 8.21. The Morgan fingerprint density at radius 2 is 1.55 bits per heavy atom. The van der Waals surface area contributed by atoms with Crippen LogP contribution >= 0.6 is 0 Å². The fourth-order valence-corrected chi connectivity index (χ4v) is 4.48. The molecule has 4 rings (SSSR count). The summed E-state index contributed by atoms with van der Waals surface area (Å²) in [5.41, 5.74) is 2.70. The predicted molar refractivity (Wildman–Crippen MR) is 127 cm³/mol. The second-order valence-corrected chi connectivity index (χ2v) is 8.21. The number of hydrogen-bond donors (Lipinski definition) is 0. The van der Waals surface area contributed by atoms with Gasteiger partial charge in [-0.15, -0.1) is 0 Å². The van der Waals surface area contributed by atoms with E-state index < -0.39 is 0 Å². The van der Waals surface area contributed by atoms with Gasteiger partial charge in [0.2, 0.25) is 0 Å². The third-order valence-corrected chi connectivity index (χ3v) is 6.42. The second kappa shape index (κ2) is 10.1. The van der Waals surface area contributed by atoms with E-state index in [1.165, 1.54) is 4.90 Å². The first-order valence-corrected chi connectivity index (χ1v) is 11.4. The summed E-state index contributed by atoms with van der Waals surface area (Å²) in [7, 11) is 3.14. The molecule has 0 aromatic heterocycles. The highest BCUT2D eigenvalue weighted by Crippen LogP contribution is 2.36. The highest BCUT2D eigenvalue weighted by molar-refractivity contribution is 6.35. The van der Waals surface area contributed by atoms with Gasteiger partial charge in [0.15, 0.2) is 11.5 Å². The predicted octanol–water partition coefficient (Wildman–Crippen LogP) is 2.66. The minimum absolute atomic E-state index is 0.217. The number of piperazine rings is 1. The van der Waals surface area contributed by atoms with Gasteiger partial charge >= 0.3 is 0 Å². The summed E-state index contributed by atoms with van der Waals surface area (Å²) in [5.74, 6) is 0.639. The third kappa shape index (κ3) is 4.59. The number of hydrogen-bond acceptors (Lipinski definition) is 6. The molecule has 7 heteroatoms. The first-order valence-electron chi connectivity index (χ1n) is 11.4. The van der Waals surface area contributed by atoms with E-state index >= 15 is 0 Å². The highest BCUT2D eigenvalue weighted by Gasteiger charge is 2.42. The Morgan fingerprint density at radius 3 is 2.18 bits per heavy atom. The molecule has 2 amide bonds. The molecule has 2 aliphatic rings. The molecule has 7 nitrogen and oxygen atoms in total. The topological polar surface area (TPSA) is 62.3 Å². The molecule has 1 fully saturated rings. The molecule has 0 radical (unpaired) electrons. The van der Waals surface area contributed by atoms with E-state index in [1.807, 2.05) is 36.4 Å². The van der Waals surface area contributed by atoms with E-state index in [0.29, 0.717) is 54.4 Å². The van der Waals surface area contributed by atoms with Crippen molar-refractivity contribution < 1.29 is 19.1 Å². The van der Waals surface area contributed by atoms with Crippen LogP contribution in [0.2, 0.25) is 0 Å². The Labute approximate surface area is 195 Å². The molecular formula is C26H31N3O4. The van der Waals surface area contributed by atoms with Crippen molar-refractivity contribution in [2.45, 2.75) is 13.3 Å². The molecule has 0 unspecified atom stereocenters. The van der Waals surface area contributed by atoms with Gasteiger partial charge in [-0.3, -0.25) is 14.5 Å². The van der Waals surface area contributed by atoms with Crippen LogP contribution in [0.3, 0.4) is 0 Å². The fourth-order valence-electron chi connectivity index (χ4n) is 4.48. The average molecular weight is 450 g/mol. The van der Waals surface area contributed by atoms with Crippen molar-refractivity contribution in [3.63, 3.8) is 0 Å². The molecule has 0 saturated carbocycles. The Hall–Kier alpha value is -3.32. The average Bonchev–Trinajstić information content (AvgIpc) is 3.12. The summed E-state index contributed by atoms with van der Waals surface area (Å²) in [4.78, 5) is 33.0. The van der Waals surface area contributed by atoms with Crippen molar-refractivity contribution in [2.75, 3.05) is 53.5 Å². The summed E-state index contributed by atoms with van der Waals surface area (Å²) >= 11 is 0.